The Morgan fingerprint density at radius 1 is 1.44 bits per heavy atom. The van der Waals surface area contributed by atoms with E-state index in [0.29, 0.717) is 0 Å². The Kier molecular flexibility index (Phi) is 7.25. The highest BCUT2D eigenvalue weighted by Crippen LogP contribution is 2.18. The number of hydrogen-bond acceptors (Lipinski definition) is 3. The van der Waals surface area contributed by atoms with E-state index < -0.39 is 0 Å². The molecule has 18 heavy (non-hydrogen) atoms. The Morgan fingerprint density at radius 3 is 2.78 bits per heavy atom. The van der Waals surface area contributed by atoms with Gasteiger partial charge in [0.05, 0.1) is 0 Å². The quantitative estimate of drug-likeness (QED) is 0.728. The van der Waals surface area contributed by atoms with Crippen LogP contribution in [0.2, 0.25) is 0 Å². The van der Waals surface area contributed by atoms with Crippen molar-refractivity contribution in [3.63, 3.8) is 0 Å². The minimum atomic E-state index is 0.274. The normalized spacial score (nSPS) is 12.4. The van der Waals surface area contributed by atoms with Crippen LogP contribution in [0.25, 0.3) is 0 Å². The molecule has 0 aliphatic heterocycles. The molecule has 1 heterocycles. The van der Waals surface area contributed by atoms with Crippen molar-refractivity contribution in [1.82, 2.24) is 4.90 Å². The monoisotopic (exact) mass is 267 g/mol. The number of nitrogens with zero attached hydrogens (tertiary/aromatic N) is 1. The molecule has 0 radical (unpaired) electrons. The van der Waals surface area contributed by atoms with Crippen LogP contribution in [0.4, 0.5) is 0 Å². The van der Waals surface area contributed by atoms with Crippen LogP contribution in [-0.2, 0) is 6.54 Å². The molecule has 0 spiro atoms. The van der Waals surface area contributed by atoms with E-state index >= 15 is 0 Å². The van der Waals surface area contributed by atoms with Gasteiger partial charge in [0.25, 0.3) is 0 Å². The summed E-state index contributed by atoms with van der Waals surface area (Å²) in [6.07, 6.45) is 4.23. The number of aryl methyl sites for hydroxylation is 1. The zero-order valence-corrected chi connectivity index (χ0v) is 12.6. The maximum absolute atomic E-state index is 8.98. The van der Waals surface area contributed by atoms with Crippen LogP contribution in [0, 0.1) is 6.92 Å². The average molecular weight is 267 g/mol. The lowest BCUT2D eigenvalue weighted by Gasteiger charge is -2.21. The van der Waals surface area contributed by atoms with Gasteiger partial charge in [-0.1, -0.05) is 18.6 Å². The van der Waals surface area contributed by atoms with E-state index in [9.17, 15) is 0 Å². The van der Waals surface area contributed by atoms with E-state index in [-0.39, 0.29) is 6.61 Å². The van der Waals surface area contributed by atoms with Gasteiger partial charge in [0.2, 0.25) is 0 Å². The third-order valence-electron chi connectivity index (χ3n) is 2.83. The maximum Gasteiger partial charge on any atom is 0.0443 e. The molecular weight excluding hydrogens is 242 g/mol. The predicted molar refractivity (Wildman–Crippen MR) is 80.1 cm³/mol. The van der Waals surface area contributed by atoms with E-state index in [2.05, 4.69) is 43.9 Å². The van der Waals surface area contributed by atoms with Crippen molar-refractivity contribution in [1.29, 1.82) is 0 Å². The highest BCUT2D eigenvalue weighted by Gasteiger charge is 2.07. The molecule has 1 aromatic rings. The van der Waals surface area contributed by atoms with Gasteiger partial charge in [0, 0.05) is 36.0 Å². The van der Waals surface area contributed by atoms with Gasteiger partial charge in [-0.25, -0.2) is 0 Å². The summed E-state index contributed by atoms with van der Waals surface area (Å²) >= 11 is 1.87. The summed E-state index contributed by atoms with van der Waals surface area (Å²) < 4.78 is 0. The second kappa shape index (κ2) is 8.46. The topological polar surface area (TPSA) is 23.5 Å². The van der Waals surface area contributed by atoms with Crippen LogP contribution >= 0.6 is 11.3 Å². The molecule has 0 atom stereocenters. The first-order chi connectivity index (χ1) is 8.65. The predicted octanol–water partition coefficient (Wildman–Crippen LogP) is 3.60. The number of hydrogen-bond donors (Lipinski definition) is 1. The van der Waals surface area contributed by atoms with Crippen molar-refractivity contribution < 1.29 is 5.11 Å². The number of aliphatic hydroxyl groups is 1. The molecule has 0 amide bonds. The van der Waals surface area contributed by atoms with Crippen molar-refractivity contribution in [3.8, 4) is 0 Å². The van der Waals surface area contributed by atoms with E-state index in [1.54, 1.807) is 0 Å². The van der Waals surface area contributed by atoms with Crippen molar-refractivity contribution in [2.75, 3.05) is 19.7 Å². The molecule has 1 N–H and O–H groups in total. The molecule has 0 bridgehead atoms. The Balaban J connectivity index is 2.57. The fourth-order valence-corrected chi connectivity index (χ4v) is 3.00. The largest absolute Gasteiger partial charge is 0.396 e. The van der Waals surface area contributed by atoms with Crippen molar-refractivity contribution in [2.24, 2.45) is 0 Å². The zero-order valence-electron chi connectivity index (χ0n) is 11.8. The third-order valence-corrected chi connectivity index (χ3v) is 3.82. The molecule has 0 aliphatic carbocycles. The van der Waals surface area contributed by atoms with E-state index in [1.165, 1.54) is 15.3 Å². The lowest BCUT2D eigenvalue weighted by molar-refractivity contribution is 0.230. The molecular formula is C15H25NOS. The third kappa shape index (κ3) is 5.80. The highest BCUT2D eigenvalue weighted by molar-refractivity contribution is 7.11. The van der Waals surface area contributed by atoms with Crippen LogP contribution in [0.15, 0.2) is 23.8 Å². The molecule has 0 fully saturated rings. The van der Waals surface area contributed by atoms with Gasteiger partial charge >= 0.3 is 0 Å². The van der Waals surface area contributed by atoms with Gasteiger partial charge in [0.15, 0.2) is 0 Å². The molecule has 0 saturated carbocycles. The molecule has 1 rings (SSSR count). The lowest BCUT2D eigenvalue weighted by atomic mass is 10.2. The Morgan fingerprint density at radius 2 is 2.22 bits per heavy atom. The summed E-state index contributed by atoms with van der Waals surface area (Å²) in [5.74, 6) is 0. The van der Waals surface area contributed by atoms with Gasteiger partial charge in [0.1, 0.15) is 0 Å². The summed E-state index contributed by atoms with van der Waals surface area (Å²) in [6.45, 7) is 9.74. The highest BCUT2D eigenvalue weighted by atomic mass is 32.1. The van der Waals surface area contributed by atoms with E-state index in [1.807, 2.05) is 11.3 Å². The first kappa shape index (κ1) is 15.4. The summed E-state index contributed by atoms with van der Waals surface area (Å²) in [5.41, 5.74) is 1.42. The molecule has 0 aliphatic rings. The van der Waals surface area contributed by atoms with Crippen LogP contribution in [0.3, 0.4) is 0 Å². The van der Waals surface area contributed by atoms with Crippen LogP contribution < -0.4 is 0 Å². The van der Waals surface area contributed by atoms with Crippen LogP contribution in [0.5, 0.6) is 0 Å². The minimum absolute atomic E-state index is 0.274. The number of aliphatic hydroxyl groups excluding tert-OH is 1. The molecule has 0 saturated heterocycles. The summed E-state index contributed by atoms with van der Waals surface area (Å²) in [6, 6.07) is 4.39. The minimum Gasteiger partial charge on any atom is -0.396 e. The molecule has 1 aromatic heterocycles. The van der Waals surface area contributed by atoms with Crippen molar-refractivity contribution in [3.05, 3.63) is 33.5 Å². The van der Waals surface area contributed by atoms with Gasteiger partial charge in [-0.2, -0.15) is 0 Å². The number of allylic oxidation sites excluding steroid dienone is 1. The summed E-state index contributed by atoms with van der Waals surface area (Å²) in [4.78, 5) is 5.20. The fraction of sp³-hybridized carbons (Fsp3) is 0.600. The summed E-state index contributed by atoms with van der Waals surface area (Å²) in [7, 11) is 0. The lowest BCUT2D eigenvalue weighted by Crippen LogP contribution is -2.26. The van der Waals surface area contributed by atoms with Gasteiger partial charge in [-0.15, -0.1) is 11.3 Å². The zero-order chi connectivity index (χ0) is 13.4. The molecule has 3 heteroatoms. The average Bonchev–Trinajstić information content (AvgIpc) is 2.72. The second-order valence-electron chi connectivity index (χ2n) is 4.76. The molecule has 0 aromatic carbocycles. The van der Waals surface area contributed by atoms with E-state index in [4.69, 9.17) is 5.11 Å². The van der Waals surface area contributed by atoms with Gasteiger partial charge in [-0.3, -0.25) is 4.90 Å². The van der Waals surface area contributed by atoms with Crippen LogP contribution in [-0.4, -0.2) is 29.7 Å². The van der Waals surface area contributed by atoms with Gasteiger partial charge in [-0.05, 0) is 38.8 Å². The first-order valence-corrected chi connectivity index (χ1v) is 7.51. The van der Waals surface area contributed by atoms with Crippen LogP contribution in [0.1, 0.15) is 36.4 Å². The molecule has 2 nitrogen and oxygen atoms in total. The summed E-state index contributed by atoms with van der Waals surface area (Å²) in [5, 5.41) is 8.98. The maximum atomic E-state index is 8.98. The Labute approximate surface area is 115 Å². The Hall–Kier alpha value is -0.640. The second-order valence-corrected chi connectivity index (χ2v) is 6.13. The van der Waals surface area contributed by atoms with E-state index in [0.717, 1.165) is 32.5 Å². The molecule has 102 valence electrons. The number of rotatable bonds is 8. The fourth-order valence-electron chi connectivity index (χ4n) is 2.06. The van der Waals surface area contributed by atoms with Crippen molar-refractivity contribution >= 4 is 11.3 Å². The number of thiophene rings is 1. The SMILES string of the molecule is CCC=C(C)CN(CCCO)Cc1ccc(C)s1. The molecule has 0 unspecified atom stereocenters. The standard InChI is InChI=1S/C15H25NOS/c1-4-6-13(2)11-16(9-5-10-17)12-15-8-7-14(3)18-15/h6-8,17H,4-5,9-12H2,1-3H3. The first-order valence-electron chi connectivity index (χ1n) is 6.69. The van der Waals surface area contributed by atoms with Gasteiger partial charge < -0.3 is 5.11 Å². The van der Waals surface area contributed by atoms with Crippen molar-refractivity contribution in [2.45, 2.75) is 40.2 Å². The Bertz CT molecular complexity index is 370. The smallest absolute Gasteiger partial charge is 0.0443 e.